The Labute approximate surface area is 143 Å². The van der Waals surface area contributed by atoms with Crippen LogP contribution in [0.15, 0.2) is 24.3 Å². The lowest BCUT2D eigenvalue weighted by atomic mass is 9.56. The molecule has 2 saturated carbocycles. The van der Waals surface area contributed by atoms with Gasteiger partial charge in [0.15, 0.2) is 0 Å². The highest BCUT2D eigenvalue weighted by atomic mass is 16.5. The molecular formula is C20H27NO3. The van der Waals surface area contributed by atoms with Gasteiger partial charge in [-0.25, -0.2) is 0 Å². The molecule has 24 heavy (non-hydrogen) atoms. The number of hydrogen-bond donors (Lipinski definition) is 1. The molecule has 1 amide bonds. The first-order valence-corrected chi connectivity index (χ1v) is 9.03. The molecule has 2 aliphatic carbocycles. The first-order valence-electron chi connectivity index (χ1n) is 9.03. The van der Waals surface area contributed by atoms with Gasteiger partial charge in [0.05, 0.1) is 12.7 Å². The number of carbonyl (C=O) groups excluding carboxylic acids is 1. The average molecular weight is 329 g/mol. The van der Waals surface area contributed by atoms with Crippen molar-refractivity contribution in [1.29, 1.82) is 0 Å². The molecule has 4 heteroatoms. The number of carbonyl (C=O) groups is 1. The normalized spacial score (nSPS) is 31.1. The number of para-hydroxylation sites is 1. The third kappa shape index (κ3) is 2.71. The molecule has 3 aliphatic rings. The third-order valence-corrected chi connectivity index (χ3v) is 6.23. The summed E-state index contributed by atoms with van der Waals surface area (Å²) in [6, 6.07) is 8.27. The van der Waals surface area contributed by atoms with Gasteiger partial charge in [0, 0.05) is 24.4 Å². The third-order valence-electron chi connectivity index (χ3n) is 6.23. The molecule has 0 radical (unpaired) electrons. The molecule has 0 bridgehead atoms. The van der Waals surface area contributed by atoms with Gasteiger partial charge < -0.3 is 14.7 Å². The van der Waals surface area contributed by atoms with Crippen LogP contribution in [0.1, 0.15) is 38.2 Å². The Morgan fingerprint density at radius 2 is 1.92 bits per heavy atom. The summed E-state index contributed by atoms with van der Waals surface area (Å²) < 4.78 is 5.44. The van der Waals surface area contributed by atoms with Gasteiger partial charge >= 0.3 is 0 Å². The van der Waals surface area contributed by atoms with Gasteiger partial charge in [-0.15, -0.1) is 0 Å². The monoisotopic (exact) mass is 329 g/mol. The number of methoxy groups -OCH3 is 1. The van der Waals surface area contributed by atoms with Gasteiger partial charge in [0.2, 0.25) is 5.91 Å². The van der Waals surface area contributed by atoms with Crippen molar-refractivity contribution in [2.45, 2.75) is 44.6 Å². The molecule has 0 aromatic heterocycles. The van der Waals surface area contributed by atoms with E-state index in [0.717, 1.165) is 25.3 Å². The fraction of sp³-hybridized carbons (Fsp3) is 0.650. The van der Waals surface area contributed by atoms with E-state index in [9.17, 15) is 9.90 Å². The fourth-order valence-electron chi connectivity index (χ4n) is 5.10. The number of nitrogens with zero attached hydrogens (tertiary/aromatic N) is 1. The van der Waals surface area contributed by atoms with Crippen molar-refractivity contribution in [3.8, 4) is 5.75 Å². The highest BCUT2D eigenvalue weighted by Gasteiger charge is 2.55. The minimum atomic E-state index is -0.612. The predicted molar refractivity (Wildman–Crippen MR) is 91.8 cm³/mol. The van der Waals surface area contributed by atoms with Crippen molar-refractivity contribution in [2.24, 2.45) is 17.3 Å². The Kier molecular flexibility index (Phi) is 3.64. The molecule has 1 saturated heterocycles. The van der Waals surface area contributed by atoms with Gasteiger partial charge in [-0.05, 0) is 56.6 Å². The Morgan fingerprint density at radius 1 is 1.25 bits per heavy atom. The zero-order chi connectivity index (χ0) is 16.9. The molecule has 1 aliphatic heterocycles. The largest absolute Gasteiger partial charge is 0.496 e. The topological polar surface area (TPSA) is 49.8 Å². The van der Waals surface area contributed by atoms with Crippen LogP contribution in [0.5, 0.6) is 5.75 Å². The summed E-state index contributed by atoms with van der Waals surface area (Å²) in [7, 11) is 1.73. The Balaban J connectivity index is 1.25. The van der Waals surface area contributed by atoms with Crippen LogP contribution in [-0.4, -0.2) is 41.7 Å². The molecule has 1 spiro atoms. The van der Waals surface area contributed by atoms with E-state index in [-0.39, 0.29) is 11.8 Å². The van der Waals surface area contributed by atoms with Gasteiger partial charge in [-0.3, -0.25) is 4.79 Å². The number of benzene rings is 1. The maximum Gasteiger partial charge on any atom is 0.225 e. The number of hydrogen-bond acceptors (Lipinski definition) is 3. The van der Waals surface area contributed by atoms with Crippen LogP contribution in [0.2, 0.25) is 0 Å². The van der Waals surface area contributed by atoms with E-state index in [0.29, 0.717) is 24.2 Å². The highest BCUT2D eigenvalue weighted by Crippen LogP contribution is 2.54. The zero-order valence-corrected chi connectivity index (χ0v) is 14.6. The van der Waals surface area contributed by atoms with Crippen LogP contribution in [-0.2, 0) is 11.2 Å². The lowest BCUT2D eigenvalue weighted by Crippen LogP contribution is -2.66. The second-order valence-corrected chi connectivity index (χ2v) is 8.59. The standard InChI is InChI=1S/C20H27NO3/c1-19(23)10-16(11-19)18(22)21-12-20(13-21)8-14(9-20)7-15-5-3-4-6-17(15)24-2/h3-6,14,16,23H,7-13H2,1-2H3/t16-,19+. The van der Waals surface area contributed by atoms with Crippen LogP contribution in [0.3, 0.4) is 0 Å². The van der Waals surface area contributed by atoms with Crippen LogP contribution < -0.4 is 4.74 Å². The Morgan fingerprint density at radius 3 is 2.54 bits per heavy atom. The Hall–Kier alpha value is -1.55. The second-order valence-electron chi connectivity index (χ2n) is 8.59. The maximum atomic E-state index is 12.4. The molecule has 4 nitrogen and oxygen atoms in total. The molecule has 3 fully saturated rings. The van der Waals surface area contributed by atoms with E-state index in [4.69, 9.17) is 4.74 Å². The van der Waals surface area contributed by atoms with E-state index >= 15 is 0 Å². The van der Waals surface area contributed by atoms with Crippen molar-refractivity contribution in [2.75, 3.05) is 20.2 Å². The van der Waals surface area contributed by atoms with Crippen molar-refractivity contribution in [1.82, 2.24) is 4.90 Å². The molecule has 130 valence electrons. The second kappa shape index (κ2) is 5.48. The number of rotatable bonds is 4. The number of likely N-dealkylation sites (tertiary alicyclic amines) is 1. The van der Waals surface area contributed by atoms with Crippen molar-refractivity contribution < 1.29 is 14.6 Å². The summed E-state index contributed by atoms with van der Waals surface area (Å²) >= 11 is 0. The highest BCUT2D eigenvalue weighted by molar-refractivity contribution is 5.81. The molecule has 1 aromatic rings. The summed E-state index contributed by atoms with van der Waals surface area (Å²) in [5.74, 6) is 2.02. The average Bonchev–Trinajstić information content (AvgIpc) is 2.45. The zero-order valence-electron chi connectivity index (χ0n) is 14.6. The molecule has 0 atom stereocenters. The van der Waals surface area contributed by atoms with Crippen LogP contribution >= 0.6 is 0 Å². The van der Waals surface area contributed by atoms with E-state index in [2.05, 4.69) is 12.1 Å². The van der Waals surface area contributed by atoms with E-state index in [1.54, 1.807) is 7.11 Å². The lowest BCUT2D eigenvalue weighted by molar-refractivity contribution is -0.171. The van der Waals surface area contributed by atoms with E-state index in [1.165, 1.54) is 18.4 Å². The summed E-state index contributed by atoms with van der Waals surface area (Å²) in [4.78, 5) is 14.4. The first-order chi connectivity index (χ1) is 11.4. The fourth-order valence-corrected chi connectivity index (χ4v) is 5.10. The predicted octanol–water partition coefficient (Wildman–Crippen LogP) is 2.64. The number of amides is 1. The lowest BCUT2D eigenvalue weighted by Gasteiger charge is -2.60. The summed E-state index contributed by atoms with van der Waals surface area (Å²) in [5, 5.41) is 9.80. The van der Waals surface area contributed by atoms with Crippen molar-refractivity contribution >= 4 is 5.91 Å². The smallest absolute Gasteiger partial charge is 0.225 e. The molecule has 1 N–H and O–H groups in total. The van der Waals surface area contributed by atoms with Crippen LogP contribution in [0, 0.1) is 17.3 Å². The minimum absolute atomic E-state index is 0.0572. The first kappa shape index (κ1) is 15.9. The van der Waals surface area contributed by atoms with E-state index < -0.39 is 5.60 Å². The van der Waals surface area contributed by atoms with Crippen LogP contribution in [0.25, 0.3) is 0 Å². The number of ether oxygens (including phenoxy) is 1. The summed E-state index contributed by atoms with van der Waals surface area (Å²) in [5.41, 5.74) is 1.07. The van der Waals surface area contributed by atoms with Gasteiger partial charge in [-0.1, -0.05) is 18.2 Å². The summed E-state index contributed by atoms with van der Waals surface area (Å²) in [6.45, 7) is 3.67. The summed E-state index contributed by atoms with van der Waals surface area (Å²) in [6.07, 6.45) is 4.77. The van der Waals surface area contributed by atoms with Gasteiger partial charge in [-0.2, -0.15) is 0 Å². The van der Waals surface area contributed by atoms with Crippen molar-refractivity contribution in [3.05, 3.63) is 29.8 Å². The number of aliphatic hydroxyl groups is 1. The van der Waals surface area contributed by atoms with Gasteiger partial charge in [0.1, 0.15) is 5.75 Å². The molecular weight excluding hydrogens is 302 g/mol. The van der Waals surface area contributed by atoms with Crippen LogP contribution in [0.4, 0.5) is 0 Å². The molecule has 0 unspecified atom stereocenters. The minimum Gasteiger partial charge on any atom is -0.496 e. The molecule has 4 rings (SSSR count). The Bertz CT molecular complexity index is 632. The van der Waals surface area contributed by atoms with Crippen molar-refractivity contribution in [3.63, 3.8) is 0 Å². The van der Waals surface area contributed by atoms with E-state index in [1.807, 2.05) is 24.0 Å². The van der Waals surface area contributed by atoms with Gasteiger partial charge in [0.25, 0.3) is 0 Å². The molecule has 1 aromatic carbocycles. The molecule has 1 heterocycles. The quantitative estimate of drug-likeness (QED) is 0.924. The SMILES string of the molecule is COc1ccccc1CC1CC2(C1)CN(C(=O)[C@H]1C[C@@](C)(O)C1)C2. The maximum absolute atomic E-state index is 12.4.